The van der Waals surface area contributed by atoms with E-state index in [1.807, 2.05) is 0 Å². The summed E-state index contributed by atoms with van der Waals surface area (Å²) in [5.41, 5.74) is -0.696. The number of halogens is 1. The van der Waals surface area contributed by atoms with E-state index >= 15 is 0 Å². The maximum absolute atomic E-state index is 11.9. The van der Waals surface area contributed by atoms with Crippen LogP contribution in [0.1, 0.15) is 32.3 Å². The van der Waals surface area contributed by atoms with Gasteiger partial charge in [-0.05, 0) is 37.5 Å². The molecule has 1 fully saturated rings. The van der Waals surface area contributed by atoms with Gasteiger partial charge in [-0.1, -0.05) is 28.1 Å². The van der Waals surface area contributed by atoms with Gasteiger partial charge >= 0.3 is 5.97 Å². The lowest BCUT2D eigenvalue weighted by atomic mass is 9.89. The molecule has 0 heterocycles. The van der Waals surface area contributed by atoms with Crippen LogP contribution < -0.4 is 0 Å². The number of hydrogen-bond acceptors (Lipinski definition) is 2. The second-order valence-electron chi connectivity index (χ2n) is 5.00. The molecule has 1 unspecified atom stereocenters. The first-order valence-electron chi connectivity index (χ1n) is 6.16. The van der Waals surface area contributed by atoms with E-state index < -0.39 is 11.5 Å². The average molecular weight is 326 g/mol. The zero-order valence-corrected chi connectivity index (χ0v) is 12.5. The third kappa shape index (κ3) is 2.52. The highest BCUT2D eigenvalue weighted by molar-refractivity contribution is 9.10. The van der Waals surface area contributed by atoms with Gasteiger partial charge in [-0.2, -0.15) is 0 Å². The minimum absolute atomic E-state index is 0.0437. The molecule has 0 aromatic heterocycles. The van der Waals surface area contributed by atoms with E-state index in [1.54, 1.807) is 31.2 Å². The Morgan fingerprint density at radius 1 is 1.32 bits per heavy atom. The summed E-state index contributed by atoms with van der Waals surface area (Å²) in [6, 6.07) is 7.12. The minimum Gasteiger partial charge on any atom is -0.479 e. The Morgan fingerprint density at radius 2 is 1.84 bits per heavy atom. The SMILES string of the molecule is CC(=O)N(C1CC1)C(C)(C(=O)O)c1ccc(Br)cc1. The monoisotopic (exact) mass is 325 g/mol. The van der Waals surface area contributed by atoms with Crippen molar-refractivity contribution in [1.29, 1.82) is 0 Å². The lowest BCUT2D eigenvalue weighted by Crippen LogP contribution is -2.53. The van der Waals surface area contributed by atoms with Crippen molar-refractivity contribution in [3.8, 4) is 0 Å². The van der Waals surface area contributed by atoms with Gasteiger partial charge in [0.25, 0.3) is 0 Å². The fourth-order valence-corrected chi connectivity index (χ4v) is 2.67. The molecule has 1 N–H and O–H groups in total. The fourth-order valence-electron chi connectivity index (χ4n) is 2.41. The third-order valence-electron chi connectivity index (χ3n) is 3.56. The highest BCUT2D eigenvalue weighted by Gasteiger charge is 2.49. The Balaban J connectivity index is 2.49. The quantitative estimate of drug-likeness (QED) is 0.926. The van der Waals surface area contributed by atoms with Gasteiger partial charge in [0.2, 0.25) is 5.91 Å². The van der Waals surface area contributed by atoms with Gasteiger partial charge in [0, 0.05) is 17.4 Å². The molecule has 0 aliphatic heterocycles. The number of carboxylic acid groups (broad SMARTS) is 1. The van der Waals surface area contributed by atoms with E-state index in [0.29, 0.717) is 5.56 Å². The summed E-state index contributed by atoms with van der Waals surface area (Å²) in [6.45, 7) is 3.02. The Morgan fingerprint density at radius 3 is 2.21 bits per heavy atom. The number of carbonyl (C=O) groups is 2. The Hall–Kier alpha value is -1.36. The van der Waals surface area contributed by atoms with Crippen molar-refractivity contribution in [3.63, 3.8) is 0 Å². The van der Waals surface area contributed by atoms with Crippen molar-refractivity contribution in [3.05, 3.63) is 34.3 Å². The van der Waals surface area contributed by atoms with Crippen LogP contribution in [0.15, 0.2) is 28.7 Å². The van der Waals surface area contributed by atoms with Crippen LogP contribution in [-0.4, -0.2) is 27.9 Å². The molecule has 0 spiro atoms. The van der Waals surface area contributed by atoms with Gasteiger partial charge in [0.15, 0.2) is 5.54 Å². The first kappa shape index (κ1) is 14.1. The molecule has 5 heteroatoms. The molecule has 19 heavy (non-hydrogen) atoms. The Bertz CT molecular complexity index is 510. The van der Waals surface area contributed by atoms with E-state index in [1.165, 1.54) is 11.8 Å². The molecule has 0 bridgehead atoms. The van der Waals surface area contributed by atoms with E-state index in [-0.39, 0.29) is 11.9 Å². The summed E-state index contributed by atoms with van der Waals surface area (Å²) in [4.78, 5) is 25.1. The van der Waals surface area contributed by atoms with Crippen LogP contribution in [0.4, 0.5) is 0 Å². The van der Waals surface area contributed by atoms with Crippen molar-refractivity contribution in [2.24, 2.45) is 0 Å². The maximum Gasteiger partial charge on any atom is 0.334 e. The number of benzene rings is 1. The zero-order chi connectivity index (χ0) is 14.2. The number of amides is 1. The van der Waals surface area contributed by atoms with Crippen LogP contribution >= 0.6 is 15.9 Å². The Labute approximate surface area is 120 Å². The van der Waals surface area contributed by atoms with E-state index in [2.05, 4.69) is 15.9 Å². The summed E-state index contributed by atoms with van der Waals surface area (Å²) in [6.07, 6.45) is 1.75. The summed E-state index contributed by atoms with van der Waals surface area (Å²) >= 11 is 3.33. The minimum atomic E-state index is -1.31. The lowest BCUT2D eigenvalue weighted by molar-refractivity contribution is -0.159. The van der Waals surface area contributed by atoms with Crippen molar-refractivity contribution in [1.82, 2.24) is 4.90 Å². The number of aliphatic carboxylic acids is 1. The predicted molar refractivity (Wildman–Crippen MR) is 74.7 cm³/mol. The van der Waals surface area contributed by atoms with Gasteiger partial charge in [0.05, 0.1) is 0 Å². The number of nitrogens with zero attached hydrogens (tertiary/aromatic N) is 1. The topological polar surface area (TPSA) is 57.6 Å². The van der Waals surface area contributed by atoms with Gasteiger partial charge in [-0.25, -0.2) is 4.79 Å². The molecule has 1 aliphatic rings. The van der Waals surface area contributed by atoms with E-state index in [4.69, 9.17) is 0 Å². The maximum atomic E-state index is 11.9. The molecule has 1 saturated carbocycles. The molecule has 0 radical (unpaired) electrons. The average Bonchev–Trinajstić information content (AvgIpc) is 3.13. The molecular weight excluding hydrogens is 310 g/mol. The van der Waals surface area contributed by atoms with Crippen molar-refractivity contribution >= 4 is 27.8 Å². The van der Waals surface area contributed by atoms with E-state index in [0.717, 1.165) is 17.3 Å². The second-order valence-corrected chi connectivity index (χ2v) is 5.92. The molecule has 1 aromatic rings. The largest absolute Gasteiger partial charge is 0.479 e. The van der Waals surface area contributed by atoms with Crippen molar-refractivity contribution in [2.45, 2.75) is 38.3 Å². The number of rotatable bonds is 4. The molecule has 1 amide bonds. The molecule has 102 valence electrons. The van der Waals surface area contributed by atoms with Crippen LogP contribution in [0.3, 0.4) is 0 Å². The summed E-state index contributed by atoms with van der Waals surface area (Å²) < 4.78 is 0.879. The van der Waals surface area contributed by atoms with Gasteiger partial charge in [-0.3, -0.25) is 4.79 Å². The summed E-state index contributed by atoms with van der Waals surface area (Å²) in [5.74, 6) is -1.20. The van der Waals surface area contributed by atoms with Crippen molar-refractivity contribution < 1.29 is 14.7 Å². The molecule has 1 aliphatic carbocycles. The Kier molecular flexibility index (Phi) is 3.67. The molecule has 4 nitrogen and oxygen atoms in total. The van der Waals surface area contributed by atoms with Crippen LogP contribution in [0.2, 0.25) is 0 Å². The first-order chi connectivity index (χ1) is 8.87. The van der Waals surface area contributed by atoms with Gasteiger partial charge in [-0.15, -0.1) is 0 Å². The van der Waals surface area contributed by atoms with Gasteiger partial charge in [0.1, 0.15) is 0 Å². The molecule has 0 saturated heterocycles. The smallest absolute Gasteiger partial charge is 0.334 e. The number of hydrogen-bond donors (Lipinski definition) is 1. The van der Waals surface area contributed by atoms with Gasteiger partial charge < -0.3 is 10.0 Å². The highest BCUT2D eigenvalue weighted by atomic mass is 79.9. The van der Waals surface area contributed by atoms with Crippen LogP contribution in [-0.2, 0) is 15.1 Å². The van der Waals surface area contributed by atoms with Crippen LogP contribution in [0, 0.1) is 0 Å². The molecule has 2 rings (SSSR count). The summed E-state index contributed by atoms with van der Waals surface area (Å²) in [5, 5.41) is 9.65. The van der Waals surface area contributed by atoms with Crippen LogP contribution in [0.5, 0.6) is 0 Å². The first-order valence-corrected chi connectivity index (χ1v) is 6.96. The molecule has 1 atom stereocenters. The van der Waals surface area contributed by atoms with E-state index in [9.17, 15) is 14.7 Å². The zero-order valence-electron chi connectivity index (χ0n) is 10.9. The lowest BCUT2D eigenvalue weighted by Gasteiger charge is -2.38. The summed E-state index contributed by atoms with van der Waals surface area (Å²) in [7, 11) is 0. The van der Waals surface area contributed by atoms with Crippen LogP contribution in [0.25, 0.3) is 0 Å². The highest BCUT2D eigenvalue weighted by Crippen LogP contribution is 2.39. The standard InChI is InChI=1S/C14H16BrNO3/c1-9(17)16(12-7-8-12)14(2,13(18)19)10-3-5-11(15)6-4-10/h3-6,12H,7-8H2,1-2H3,(H,18,19). The number of carbonyl (C=O) groups excluding carboxylic acids is 1. The number of carboxylic acids is 1. The fraction of sp³-hybridized carbons (Fsp3) is 0.429. The molecular formula is C14H16BrNO3. The predicted octanol–water partition coefficient (Wildman–Crippen LogP) is 2.76. The molecule has 1 aromatic carbocycles. The van der Waals surface area contributed by atoms with Crippen molar-refractivity contribution in [2.75, 3.05) is 0 Å². The second kappa shape index (κ2) is 4.96. The normalized spacial score (nSPS) is 17.6. The third-order valence-corrected chi connectivity index (χ3v) is 4.08.